The number of benzene rings is 1. The van der Waals surface area contributed by atoms with Crippen LogP contribution in [0.1, 0.15) is 16.9 Å². The third kappa shape index (κ3) is 5.03. The molecule has 3 amide bonds. The Kier molecular flexibility index (Phi) is 6.61. The predicted octanol–water partition coefficient (Wildman–Crippen LogP) is 2.33. The minimum atomic E-state index is -1.36. The van der Waals surface area contributed by atoms with Crippen LogP contribution in [-0.2, 0) is 16.1 Å². The molecule has 1 fully saturated rings. The third-order valence-electron chi connectivity index (χ3n) is 6.00. The van der Waals surface area contributed by atoms with Gasteiger partial charge in [0, 0.05) is 29.8 Å². The van der Waals surface area contributed by atoms with Gasteiger partial charge in [0.05, 0.1) is 12.1 Å². The first kappa shape index (κ1) is 24.4. The number of alkyl halides is 1. The van der Waals surface area contributed by atoms with Crippen molar-refractivity contribution in [3.05, 3.63) is 65.4 Å². The first-order chi connectivity index (χ1) is 17.8. The molecule has 5 rings (SSSR count). The molecule has 0 bridgehead atoms. The number of nitrogens with zero attached hydrogens (tertiary/aromatic N) is 6. The number of hydrogen-bond acceptors (Lipinski definition) is 7. The maximum absolute atomic E-state index is 14.4. The molecule has 13 heteroatoms. The number of rotatable bonds is 6. The van der Waals surface area contributed by atoms with Crippen molar-refractivity contribution in [2.75, 3.05) is 11.9 Å². The van der Waals surface area contributed by atoms with Gasteiger partial charge in [0.2, 0.25) is 11.8 Å². The number of nitrogens with two attached hydrogens (primary N) is 1. The molecule has 3 aromatic heterocycles. The number of amides is 3. The number of anilines is 1. The third-order valence-corrected chi connectivity index (χ3v) is 6.44. The number of primary amides is 1. The van der Waals surface area contributed by atoms with E-state index in [1.807, 2.05) is 0 Å². The number of carbonyl (C=O) groups is 3. The lowest BCUT2D eigenvalue weighted by atomic mass is 10.1. The lowest BCUT2D eigenvalue weighted by Gasteiger charge is -2.23. The number of likely N-dealkylation sites (tertiary alicyclic amines) is 1. The van der Waals surface area contributed by atoms with Gasteiger partial charge in [0.25, 0.3) is 5.91 Å². The summed E-state index contributed by atoms with van der Waals surface area (Å²) in [5.41, 5.74) is 7.48. The summed E-state index contributed by atoms with van der Waals surface area (Å²) in [5, 5.41) is 7.33. The second-order valence-electron chi connectivity index (χ2n) is 8.46. The molecule has 3 N–H and O–H groups in total. The molecule has 11 nitrogen and oxygen atoms in total. The topological polar surface area (TPSA) is 149 Å². The zero-order valence-electron chi connectivity index (χ0n) is 19.2. The molecule has 188 valence electrons. The monoisotopic (exact) mass is 566 g/mol. The number of aromatic nitrogens is 5. The summed E-state index contributed by atoms with van der Waals surface area (Å²) >= 11 is 3.23. The molecule has 0 radical (unpaired) electrons. The van der Waals surface area contributed by atoms with Crippen molar-refractivity contribution in [3.8, 4) is 11.1 Å². The molecule has 0 spiro atoms. The molecule has 1 aliphatic rings. The molecule has 0 saturated carbocycles. The number of halogens is 2. The normalized spacial score (nSPS) is 17.2. The van der Waals surface area contributed by atoms with E-state index in [4.69, 9.17) is 5.73 Å². The highest BCUT2D eigenvalue weighted by Crippen LogP contribution is 2.27. The number of hydrogen-bond donors (Lipinski definition) is 2. The number of nitrogens with one attached hydrogen (secondary N) is 1. The van der Waals surface area contributed by atoms with Gasteiger partial charge in [-0.3, -0.25) is 19.1 Å². The maximum Gasteiger partial charge on any atom is 0.269 e. The van der Waals surface area contributed by atoms with E-state index in [0.717, 1.165) is 11.1 Å². The number of fused-ring (bicyclic) bond motifs is 1. The standard InChI is InChI=1S/C24H20BrFN8O3/c25-19-2-1-3-20(30-19)31-24(37)18-7-15(26)10-33(18)21(35)11-34-17-5-4-13(14-8-28-12-29-9-14)6-16(17)22(32-34)23(27)36/h1-6,8-9,12,15,18H,7,10-11H2,(H2,27,36)(H,30,31,37)/t15-,18?/m1/s1. The molecule has 1 aromatic carbocycles. The second kappa shape index (κ2) is 10.0. The molecule has 37 heavy (non-hydrogen) atoms. The van der Waals surface area contributed by atoms with Gasteiger partial charge in [-0.15, -0.1) is 0 Å². The van der Waals surface area contributed by atoms with Crippen LogP contribution in [0.5, 0.6) is 0 Å². The van der Waals surface area contributed by atoms with Gasteiger partial charge in [-0.05, 0) is 45.8 Å². The molecule has 4 aromatic rings. The van der Waals surface area contributed by atoms with E-state index in [1.54, 1.807) is 48.8 Å². The van der Waals surface area contributed by atoms with E-state index in [9.17, 15) is 18.8 Å². The first-order valence-corrected chi connectivity index (χ1v) is 12.0. The zero-order valence-corrected chi connectivity index (χ0v) is 20.8. The average molecular weight is 567 g/mol. The lowest BCUT2D eigenvalue weighted by molar-refractivity contribution is -0.137. The summed E-state index contributed by atoms with van der Waals surface area (Å²) in [6.45, 7) is -0.550. The van der Waals surface area contributed by atoms with Crippen molar-refractivity contribution in [1.82, 2.24) is 29.6 Å². The molecular formula is C24H20BrFN8O3. The van der Waals surface area contributed by atoms with Gasteiger partial charge in [0.15, 0.2) is 5.69 Å². The highest BCUT2D eigenvalue weighted by Gasteiger charge is 2.40. The molecule has 1 saturated heterocycles. The Hall–Kier alpha value is -4.26. The van der Waals surface area contributed by atoms with E-state index >= 15 is 0 Å². The number of pyridine rings is 1. The Bertz CT molecular complexity index is 1510. The SMILES string of the molecule is NC(=O)c1nn(CC(=O)N2C[C@H](F)CC2C(=O)Nc2cccc(Br)n2)c2ccc(-c3cncnc3)cc12. The van der Waals surface area contributed by atoms with Crippen molar-refractivity contribution in [1.29, 1.82) is 0 Å². The smallest absolute Gasteiger partial charge is 0.269 e. The molecule has 2 atom stereocenters. The van der Waals surface area contributed by atoms with Gasteiger partial charge in [-0.1, -0.05) is 12.1 Å². The Labute approximate surface area is 218 Å². The lowest BCUT2D eigenvalue weighted by Crippen LogP contribution is -2.44. The fourth-order valence-electron chi connectivity index (χ4n) is 4.32. The van der Waals surface area contributed by atoms with Crippen LogP contribution in [0.25, 0.3) is 22.0 Å². The van der Waals surface area contributed by atoms with Gasteiger partial charge in [-0.25, -0.2) is 19.3 Å². The first-order valence-electron chi connectivity index (χ1n) is 11.2. The Morgan fingerprint density at radius 3 is 2.65 bits per heavy atom. The molecule has 4 heterocycles. The minimum Gasteiger partial charge on any atom is -0.364 e. The summed E-state index contributed by atoms with van der Waals surface area (Å²) < 4.78 is 16.2. The number of carbonyl (C=O) groups excluding carboxylic acids is 3. The van der Waals surface area contributed by atoms with E-state index in [1.165, 1.54) is 15.9 Å². The van der Waals surface area contributed by atoms with Gasteiger partial charge in [-0.2, -0.15) is 5.10 Å². The Morgan fingerprint density at radius 1 is 1.14 bits per heavy atom. The Balaban J connectivity index is 1.41. The van der Waals surface area contributed by atoms with Gasteiger partial charge >= 0.3 is 0 Å². The van der Waals surface area contributed by atoms with E-state index in [2.05, 4.69) is 41.3 Å². The van der Waals surface area contributed by atoms with Crippen molar-refractivity contribution >= 4 is 50.4 Å². The van der Waals surface area contributed by atoms with Crippen LogP contribution >= 0.6 is 15.9 Å². The van der Waals surface area contributed by atoms with E-state index in [-0.39, 0.29) is 31.0 Å². The van der Waals surface area contributed by atoms with Crippen LogP contribution < -0.4 is 11.1 Å². The summed E-state index contributed by atoms with van der Waals surface area (Å²) in [6.07, 6.45) is 3.16. The zero-order chi connectivity index (χ0) is 26.1. The van der Waals surface area contributed by atoms with Gasteiger partial charge < -0.3 is 16.0 Å². The van der Waals surface area contributed by atoms with Crippen LogP contribution in [0.3, 0.4) is 0 Å². The van der Waals surface area contributed by atoms with Crippen molar-refractivity contribution in [2.24, 2.45) is 5.73 Å². The van der Waals surface area contributed by atoms with E-state index in [0.29, 0.717) is 15.5 Å². The average Bonchev–Trinajstić information content (AvgIpc) is 3.45. The van der Waals surface area contributed by atoms with Crippen LogP contribution in [0.2, 0.25) is 0 Å². The van der Waals surface area contributed by atoms with Crippen molar-refractivity contribution in [3.63, 3.8) is 0 Å². The summed E-state index contributed by atoms with van der Waals surface area (Å²) in [4.78, 5) is 51.6. The summed E-state index contributed by atoms with van der Waals surface area (Å²) in [6, 6.07) is 9.16. The minimum absolute atomic E-state index is 0.0127. The molecular weight excluding hydrogens is 547 g/mol. The van der Waals surface area contributed by atoms with Crippen molar-refractivity contribution in [2.45, 2.75) is 25.2 Å². The molecule has 1 aliphatic heterocycles. The highest BCUT2D eigenvalue weighted by atomic mass is 79.9. The Morgan fingerprint density at radius 2 is 1.92 bits per heavy atom. The fourth-order valence-corrected chi connectivity index (χ4v) is 4.67. The van der Waals surface area contributed by atoms with Crippen LogP contribution in [-0.4, -0.2) is 66.1 Å². The second-order valence-corrected chi connectivity index (χ2v) is 9.27. The van der Waals surface area contributed by atoms with Crippen molar-refractivity contribution < 1.29 is 18.8 Å². The summed E-state index contributed by atoms with van der Waals surface area (Å²) in [7, 11) is 0. The molecule has 0 aliphatic carbocycles. The van der Waals surface area contributed by atoms with Crippen LogP contribution in [0, 0.1) is 0 Å². The highest BCUT2D eigenvalue weighted by molar-refractivity contribution is 9.10. The van der Waals surface area contributed by atoms with Gasteiger partial charge in [0.1, 0.15) is 35.5 Å². The summed E-state index contributed by atoms with van der Waals surface area (Å²) in [5.74, 6) is -1.56. The molecule has 1 unspecified atom stereocenters. The predicted molar refractivity (Wildman–Crippen MR) is 135 cm³/mol. The largest absolute Gasteiger partial charge is 0.364 e. The van der Waals surface area contributed by atoms with Crippen LogP contribution in [0.4, 0.5) is 10.2 Å². The van der Waals surface area contributed by atoms with E-state index < -0.39 is 29.9 Å². The van der Waals surface area contributed by atoms with Crippen LogP contribution in [0.15, 0.2) is 59.7 Å². The maximum atomic E-state index is 14.4. The fraction of sp³-hybridized carbons (Fsp3) is 0.208. The quantitative estimate of drug-likeness (QED) is 0.340.